The summed E-state index contributed by atoms with van der Waals surface area (Å²) in [7, 11) is -4.01. The standard InChI is InChI=1S/C29H20ClF6N3O6S/c1-13-38-26(15-4-6-21-22(9-15)45-29(35,36)44-21)27(43-13)17-7-14(3-5-20(17)39-25(30)11-24(37)28(32,33)34)16-8-19(31)18(12-40)23(10-16)46(2,41)42/h3-11,40H,12,37H2,1-2H3. The lowest BCUT2D eigenvalue weighted by Crippen LogP contribution is -2.25. The summed E-state index contributed by atoms with van der Waals surface area (Å²) < 4.78 is 121. The molecule has 17 heteroatoms. The first kappa shape index (κ1) is 32.8. The number of nitrogens with zero attached hydrogens (tertiary/aromatic N) is 2. The topological polar surface area (TPSA) is 137 Å². The number of hydrogen-bond donors (Lipinski definition) is 2. The molecule has 5 rings (SSSR count). The van der Waals surface area contributed by atoms with Gasteiger partial charge in [-0.3, -0.25) is 0 Å². The van der Waals surface area contributed by atoms with E-state index in [1.54, 1.807) is 0 Å². The number of rotatable bonds is 7. The third kappa shape index (κ3) is 6.68. The molecule has 1 aromatic heterocycles. The van der Waals surface area contributed by atoms with Gasteiger partial charge in [-0.2, -0.15) is 13.2 Å². The molecule has 0 aliphatic carbocycles. The fourth-order valence-electron chi connectivity index (χ4n) is 4.52. The zero-order chi connectivity index (χ0) is 33.8. The number of fused-ring (bicyclic) bond motifs is 1. The molecule has 0 saturated carbocycles. The van der Waals surface area contributed by atoms with Crippen molar-refractivity contribution in [1.82, 2.24) is 4.98 Å². The second kappa shape index (κ2) is 11.7. The molecule has 0 fully saturated rings. The minimum atomic E-state index is -4.91. The van der Waals surface area contributed by atoms with Gasteiger partial charge in [0.15, 0.2) is 33.0 Å². The van der Waals surface area contributed by atoms with Gasteiger partial charge in [0.05, 0.1) is 17.2 Å². The summed E-state index contributed by atoms with van der Waals surface area (Å²) >= 11 is 6.02. The monoisotopic (exact) mass is 687 g/mol. The van der Waals surface area contributed by atoms with Gasteiger partial charge in [0.1, 0.15) is 22.4 Å². The molecule has 4 aromatic rings. The maximum atomic E-state index is 15.0. The highest BCUT2D eigenvalue weighted by molar-refractivity contribution is 7.90. The number of aliphatic hydroxyl groups is 1. The number of benzene rings is 3. The highest BCUT2D eigenvalue weighted by Crippen LogP contribution is 2.46. The van der Waals surface area contributed by atoms with Crippen molar-refractivity contribution in [2.24, 2.45) is 10.7 Å². The average Bonchev–Trinajstić information content (AvgIpc) is 3.48. The third-order valence-electron chi connectivity index (χ3n) is 6.52. The third-order valence-corrected chi connectivity index (χ3v) is 7.88. The summed E-state index contributed by atoms with van der Waals surface area (Å²) in [5.74, 6) is -1.59. The Morgan fingerprint density at radius 3 is 2.39 bits per heavy atom. The largest absolute Gasteiger partial charge is 0.586 e. The number of nitrogens with two attached hydrogens (primary N) is 1. The van der Waals surface area contributed by atoms with Crippen molar-refractivity contribution in [3.63, 3.8) is 0 Å². The van der Waals surface area contributed by atoms with Crippen LogP contribution in [0.4, 0.5) is 32.0 Å². The van der Waals surface area contributed by atoms with Crippen molar-refractivity contribution in [1.29, 1.82) is 0 Å². The number of sulfone groups is 1. The van der Waals surface area contributed by atoms with E-state index < -0.39 is 56.1 Å². The van der Waals surface area contributed by atoms with E-state index in [0.29, 0.717) is 6.08 Å². The molecule has 3 N–H and O–H groups in total. The van der Waals surface area contributed by atoms with Gasteiger partial charge < -0.3 is 24.7 Å². The fraction of sp³-hybridized carbons (Fsp3) is 0.172. The van der Waals surface area contributed by atoms with Gasteiger partial charge in [0.2, 0.25) is 0 Å². The molecule has 0 unspecified atom stereocenters. The maximum Gasteiger partial charge on any atom is 0.586 e. The van der Waals surface area contributed by atoms with Crippen LogP contribution in [0.15, 0.2) is 74.6 Å². The molecule has 46 heavy (non-hydrogen) atoms. The number of aliphatic imine (C=N–C) groups is 1. The van der Waals surface area contributed by atoms with Crippen LogP contribution in [0.25, 0.3) is 33.7 Å². The second-order valence-corrected chi connectivity index (χ2v) is 12.2. The van der Waals surface area contributed by atoms with E-state index in [1.165, 1.54) is 43.3 Å². The van der Waals surface area contributed by atoms with Crippen molar-refractivity contribution < 1.29 is 53.8 Å². The van der Waals surface area contributed by atoms with Crippen LogP contribution in [0.3, 0.4) is 0 Å². The molecule has 0 atom stereocenters. The molecule has 0 saturated heterocycles. The Kier molecular flexibility index (Phi) is 8.33. The van der Waals surface area contributed by atoms with Crippen molar-refractivity contribution in [2.75, 3.05) is 6.26 Å². The first-order chi connectivity index (χ1) is 21.4. The van der Waals surface area contributed by atoms with Crippen LogP contribution < -0.4 is 15.2 Å². The van der Waals surface area contributed by atoms with Crippen molar-refractivity contribution in [3.8, 4) is 45.2 Å². The SMILES string of the molecule is Cc1nc(-c2ccc3c(c2)OC(F)(F)O3)c(-c2cc(-c3cc(F)c(CO)c(S(C)(=O)=O)c3)ccc2N=C(Cl)C=C(N)C(F)(F)F)o1. The minimum absolute atomic E-state index is 0.0146. The zero-order valence-corrected chi connectivity index (χ0v) is 25.0. The molecular formula is C29H20ClF6N3O6S. The van der Waals surface area contributed by atoms with Gasteiger partial charge in [0, 0.05) is 35.9 Å². The molecular weight excluding hydrogens is 668 g/mol. The van der Waals surface area contributed by atoms with E-state index in [2.05, 4.69) is 19.5 Å². The van der Waals surface area contributed by atoms with Gasteiger partial charge in [0.25, 0.3) is 0 Å². The Hall–Kier alpha value is -4.54. The first-order valence-electron chi connectivity index (χ1n) is 12.8. The molecule has 0 bridgehead atoms. The average molecular weight is 688 g/mol. The number of allylic oxidation sites excluding steroid dienone is 2. The van der Waals surface area contributed by atoms with Crippen LogP contribution in [0.5, 0.6) is 11.5 Å². The predicted octanol–water partition coefficient (Wildman–Crippen LogP) is 7.01. The van der Waals surface area contributed by atoms with Gasteiger partial charge in [-0.15, -0.1) is 8.78 Å². The Morgan fingerprint density at radius 1 is 1.07 bits per heavy atom. The Balaban J connectivity index is 1.74. The van der Waals surface area contributed by atoms with Gasteiger partial charge in [-0.1, -0.05) is 17.7 Å². The predicted molar refractivity (Wildman–Crippen MR) is 154 cm³/mol. The number of aromatic nitrogens is 1. The molecule has 2 heterocycles. The summed E-state index contributed by atoms with van der Waals surface area (Å²) in [5.41, 5.74) is 3.45. The van der Waals surface area contributed by atoms with E-state index in [9.17, 15) is 39.9 Å². The maximum absolute atomic E-state index is 15.0. The number of aliphatic hydroxyl groups excluding tert-OH is 1. The van der Waals surface area contributed by atoms with E-state index >= 15 is 0 Å². The van der Waals surface area contributed by atoms with E-state index in [1.807, 2.05) is 0 Å². The molecule has 0 spiro atoms. The second-order valence-electron chi connectivity index (χ2n) is 9.87. The van der Waals surface area contributed by atoms with Crippen molar-refractivity contribution >= 4 is 32.3 Å². The van der Waals surface area contributed by atoms with E-state index in [0.717, 1.165) is 18.4 Å². The van der Waals surface area contributed by atoms with E-state index in [4.69, 9.17) is 21.8 Å². The summed E-state index contributed by atoms with van der Waals surface area (Å²) in [4.78, 5) is 7.89. The summed E-state index contributed by atoms with van der Waals surface area (Å²) in [6.07, 6.45) is -7.60. The Labute approximate surface area is 261 Å². The molecule has 9 nitrogen and oxygen atoms in total. The summed E-state index contributed by atoms with van der Waals surface area (Å²) in [5, 5.41) is 8.89. The number of aryl methyl sites for hydroxylation is 1. The lowest BCUT2D eigenvalue weighted by atomic mass is 9.97. The number of halogens is 7. The summed E-state index contributed by atoms with van der Waals surface area (Å²) in [6, 6.07) is 9.88. The minimum Gasteiger partial charge on any atom is -0.440 e. The highest BCUT2D eigenvalue weighted by atomic mass is 35.5. The highest BCUT2D eigenvalue weighted by Gasteiger charge is 2.43. The smallest absolute Gasteiger partial charge is 0.440 e. The van der Waals surface area contributed by atoms with Crippen LogP contribution in [-0.2, 0) is 16.4 Å². The van der Waals surface area contributed by atoms with E-state index in [-0.39, 0.29) is 56.8 Å². The molecule has 1 aliphatic heterocycles. The molecule has 242 valence electrons. The molecule has 0 amide bonds. The zero-order valence-electron chi connectivity index (χ0n) is 23.4. The lowest BCUT2D eigenvalue weighted by Gasteiger charge is -2.13. The summed E-state index contributed by atoms with van der Waals surface area (Å²) in [6.45, 7) is 0.560. The van der Waals surface area contributed by atoms with Gasteiger partial charge >= 0.3 is 12.5 Å². The normalized spacial score (nSPS) is 15.0. The van der Waals surface area contributed by atoms with Crippen LogP contribution in [0, 0.1) is 12.7 Å². The first-order valence-corrected chi connectivity index (χ1v) is 15.1. The number of ether oxygens (including phenoxy) is 2. The number of oxazole rings is 1. The van der Waals surface area contributed by atoms with Crippen molar-refractivity contribution in [3.05, 3.63) is 77.6 Å². The molecule has 0 radical (unpaired) electrons. The van der Waals surface area contributed by atoms with Crippen molar-refractivity contribution in [2.45, 2.75) is 30.9 Å². The van der Waals surface area contributed by atoms with Crippen LogP contribution in [0.2, 0.25) is 0 Å². The number of alkyl halides is 5. The fourth-order valence-corrected chi connectivity index (χ4v) is 5.68. The van der Waals surface area contributed by atoms with Gasteiger partial charge in [-0.05, 0) is 53.6 Å². The Bertz CT molecular complexity index is 2040. The Morgan fingerprint density at radius 2 is 1.74 bits per heavy atom. The lowest BCUT2D eigenvalue weighted by molar-refractivity contribution is -0.286. The van der Waals surface area contributed by atoms with Crippen LogP contribution in [0.1, 0.15) is 11.5 Å². The van der Waals surface area contributed by atoms with Crippen LogP contribution >= 0.6 is 11.6 Å². The quantitative estimate of drug-likeness (QED) is 0.156. The van der Waals surface area contributed by atoms with Crippen LogP contribution in [-0.4, -0.2) is 42.4 Å². The van der Waals surface area contributed by atoms with Gasteiger partial charge in [-0.25, -0.2) is 22.8 Å². The number of hydrogen-bond acceptors (Lipinski definition) is 9. The molecule has 3 aromatic carbocycles. The molecule has 1 aliphatic rings.